The molecule has 2 aromatic heterocycles. The zero-order valence-corrected chi connectivity index (χ0v) is 10.7. The van der Waals surface area contributed by atoms with Gasteiger partial charge in [-0.2, -0.15) is 0 Å². The summed E-state index contributed by atoms with van der Waals surface area (Å²) in [4.78, 5) is 20.1. The number of rotatable bonds is 5. The summed E-state index contributed by atoms with van der Waals surface area (Å²) in [5.74, 6) is -0.356. The van der Waals surface area contributed by atoms with Crippen molar-refractivity contribution in [2.75, 3.05) is 19.0 Å². The van der Waals surface area contributed by atoms with Gasteiger partial charge in [0.25, 0.3) is 0 Å². The molecule has 2 heterocycles. The molecule has 0 saturated carbocycles. The van der Waals surface area contributed by atoms with E-state index < -0.39 is 0 Å². The van der Waals surface area contributed by atoms with E-state index >= 15 is 0 Å². The van der Waals surface area contributed by atoms with Crippen LogP contribution in [0.25, 0.3) is 0 Å². The summed E-state index contributed by atoms with van der Waals surface area (Å²) < 4.78 is 4.62. The lowest BCUT2D eigenvalue weighted by molar-refractivity contribution is 0.0606. The summed E-state index contributed by atoms with van der Waals surface area (Å²) in [6.45, 7) is 0.727. The maximum absolute atomic E-state index is 11.2. The molecule has 0 saturated heterocycles. The van der Waals surface area contributed by atoms with Crippen LogP contribution in [0.5, 0.6) is 0 Å². The molecule has 1 N–H and O–H groups in total. The average Bonchev–Trinajstić information content (AvgIpc) is 2.88. The average molecular weight is 263 g/mol. The molecule has 0 amide bonds. The smallest absolute Gasteiger partial charge is 0.349 e. The van der Waals surface area contributed by atoms with E-state index in [0.717, 1.165) is 18.7 Å². The van der Waals surface area contributed by atoms with Crippen LogP contribution in [-0.4, -0.2) is 29.6 Å². The number of esters is 1. The minimum absolute atomic E-state index is 0.356. The highest BCUT2D eigenvalue weighted by Crippen LogP contribution is 2.18. The van der Waals surface area contributed by atoms with E-state index in [1.165, 1.54) is 24.6 Å². The molecule has 0 aliphatic carbocycles. The van der Waals surface area contributed by atoms with Crippen LogP contribution in [0, 0.1) is 0 Å². The van der Waals surface area contributed by atoms with Gasteiger partial charge in [0, 0.05) is 24.9 Å². The largest absolute Gasteiger partial charge is 0.465 e. The van der Waals surface area contributed by atoms with Gasteiger partial charge in [0.1, 0.15) is 4.88 Å². The number of nitrogens with zero attached hydrogens (tertiary/aromatic N) is 2. The van der Waals surface area contributed by atoms with Crippen molar-refractivity contribution < 1.29 is 9.53 Å². The van der Waals surface area contributed by atoms with Gasteiger partial charge in [0.2, 0.25) is 0 Å². The number of hydrogen-bond acceptors (Lipinski definition) is 6. The van der Waals surface area contributed by atoms with Crippen LogP contribution in [0.3, 0.4) is 0 Å². The molecule has 2 aromatic rings. The molecule has 0 atom stereocenters. The predicted octanol–water partition coefficient (Wildman–Crippen LogP) is 1.98. The Morgan fingerprint density at radius 1 is 1.44 bits per heavy atom. The van der Waals surface area contributed by atoms with Gasteiger partial charge in [-0.3, -0.25) is 4.98 Å². The molecule has 6 heteroatoms. The first-order valence-electron chi connectivity index (χ1n) is 5.47. The van der Waals surface area contributed by atoms with E-state index in [-0.39, 0.29) is 5.97 Å². The topological polar surface area (TPSA) is 64.1 Å². The second-order valence-corrected chi connectivity index (χ2v) is 4.55. The van der Waals surface area contributed by atoms with Gasteiger partial charge in [0.15, 0.2) is 5.13 Å². The molecule has 0 aliphatic heterocycles. The van der Waals surface area contributed by atoms with Crippen LogP contribution >= 0.6 is 11.3 Å². The summed E-state index contributed by atoms with van der Waals surface area (Å²) in [5.41, 5.74) is 1.02. The Morgan fingerprint density at radius 2 is 2.33 bits per heavy atom. The minimum atomic E-state index is -0.356. The molecule has 0 fully saturated rings. The number of carbonyl (C=O) groups is 1. The maximum atomic E-state index is 11.2. The molecule has 2 rings (SSSR count). The zero-order valence-electron chi connectivity index (χ0n) is 9.92. The lowest BCUT2D eigenvalue weighted by Crippen LogP contribution is -2.05. The van der Waals surface area contributed by atoms with E-state index in [2.05, 4.69) is 20.0 Å². The third-order valence-electron chi connectivity index (χ3n) is 2.28. The van der Waals surface area contributed by atoms with Crippen LogP contribution < -0.4 is 5.32 Å². The maximum Gasteiger partial charge on any atom is 0.349 e. The first-order chi connectivity index (χ1) is 8.79. The summed E-state index contributed by atoms with van der Waals surface area (Å²) in [6, 6.07) is 5.82. The molecule has 0 aliphatic rings. The van der Waals surface area contributed by atoms with Crippen LogP contribution in [-0.2, 0) is 11.2 Å². The first kappa shape index (κ1) is 12.5. The Hall–Kier alpha value is -1.95. The van der Waals surface area contributed by atoms with Gasteiger partial charge in [-0.05, 0) is 12.1 Å². The van der Waals surface area contributed by atoms with Gasteiger partial charge in [0.05, 0.1) is 13.3 Å². The molecule has 0 unspecified atom stereocenters. The van der Waals surface area contributed by atoms with Crippen molar-refractivity contribution in [1.29, 1.82) is 0 Å². The second-order valence-electron chi connectivity index (χ2n) is 3.52. The fourth-order valence-electron chi connectivity index (χ4n) is 1.39. The van der Waals surface area contributed by atoms with Crippen LogP contribution in [0.1, 0.15) is 15.4 Å². The van der Waals surface area contributed by atoms with Crippen molar-refractivity contribution in [3.63, 3.8) is 0 Å². The molecular formula is C12H13N3O2S. The number of ether oxygens (including phenoxy) is 1. The molecule has 0 spiro atoms. The number of pyridine rings is 1. The summed E-state index contributed by atoms with van der Waals surface area (Å²) in [7, 11) is 1.36. The quantitative estimate of drug-likeness (QED) is 0.836. The predicted molar refractivity (Wildman–Crippen MR) is 69.9 cm³/mol. The highest BCUT2D eigenvalue weighted by Gasteiger charge is 2.09. The van der Waals surface area contributed by atoms with Crippen molar-refractivity contribution in [1.82, 2.24) is 9.97 Å². The Morgan fingerprint density at radius 3 is 3.06 bits per heavy atom. The Labute approximate surface area is 109 Å². The molecular weight excluding hydrogens is 250 g/mol. The molecule has 0 bridgehead atoms. The number of anilines is 1. The number of hydrogen-bond donors (Lipinski definition) is 1. The lowest BCUT2D eigenvalue weighted by atomic mass is 10.3. The zero-order chi connectivity index (χ0) is 12.8. The number of carbonyl (C=O) groups excluding carboxylic acids is 1. The van der Waals surface area contributed by atoms with Gasteiger partial charge in [-0.15, -0.1) is 0 Å². The second kappa shape index (κ2) is 6.11. The summed E-state index contributed by atoms with van der Waals surface area (Å²) in [6.07, 6.45) is 4.10. The Kier molecular flexibility index (Phi) is 4.25. The third-order valence-corrected chi connectivity index (χ3v) is 3.21. The van der Waals surface area contributed by atoms with Crippen molar-refractivity contribution in [2.24, 2.45) is 0 Å². The first-order valence-corrected chi connectivity index (χ1v) is 6.29. The van der Waals surface area contributed by atoms with Gasteiger partial charge in [-0.1, -0.05) is 17.4 Å². The van der Waals surface area contributed by atoms with Crippen LogP contribution in [0.15, 0.2) is 30.6 Å². The fraction of sp³-hybridized carbons (Fsp3) is 0.250. The molecule has 18 heavy (non-hydrogen) atoms. The van der Waals surface area contributed by atoms with Crippen molar-refractivity contribution in [3.05, 3.63) is 41.2 Å². The van der Waals surface area contributed by atoms with E-state index in [9.17, 15) is 4.79 Å². The van der Waals surface area contributed by atoms with Crippen molar-refractivity contribution in [2.45, 2.75) is 6.42 Å². The van der Waals surface area contributed by atoms with E-state index in [0.29, 0.717) is 10.0 Å². The fourth-order valence-corrected chi connectivity index (χ4v) is 2.15. The van der Waals surface area contributed by atoms with Gasteiger partial charge in [-0.25, -0.2) is 9.78 Å². The highest BCUT2D eigenvalue weighted by atomic mass is 32.1. The summed E-state index contributed by atoms with van der Waals surface area (Å²) >= 11 is 1.28. The normalized spacial score (nSPS) is 10.1. The van der Waals surface area contributed by atoms with E-state index in [1.54, 1.807) is 6.20 Å². The number of aromatic nitrogens is 2. The van der Waals surface area contributed by atoms with Gasteiger partial charge < -0.3 is 10.1 Å². The standard InChI is InChI=1S/C12H13N3O2S/c1-17-11(16)10-8-15-12(18-10)14-7-5-9-4-2-3-6-13-9/h2-4,6,8H,5,7H2,1H3,(H,14,15). The lowest BCUT2D eigenvalue weighted by Gasteiger charge is -2.01. The van der Waals surface area contributed by atoms with Crippen LogP contribution in [0.2, 0.25) is 0 Å². The Balaban J connectivity index is 1.84. The Bertz CT molecular complexity index is 513. The molecule has 94 valence electrons. The molecule has 0 radical (unpaired) electrons. The number of methoxy groups -OCH3 is 1. The van der Waals surface area contributed by atoms with Gasteiger partial charge >= 0.3 is 5.97 Å². The minimum Gasteiger partial charge on any atom is -0.465 e. The molecule has 0 aromatic carbocycles. The SMILES string of the molecule is COC(=O)c1cnc(NCCc2ccccn2)s1. The van der Waals surface area contributed by atoms with Crippen molar-refractivity contribution >= 4 is 22.4 Å². The molecule has 5 nitrogen and oxygen atoms in total. The monoisotopic (exact) mass is 263 g/mol. The van der Waals surface area contributed by atoms with Crippen molar-refractivity contribution in [3.8, 4) is 0 Å². The number of thiazole rings is 1. The van der Waals surface area contributed by atoms with E-state index in [1.807, 2.05) is 18.2 Å². The third kappa shape index (κ3) is 3.27. The summed E-state index contributed by atoms with van der Waals surface area (Å²) in [5, 5.41) is 3.87. The number of nitrogens with one attached hydrogen (secondary N) is 1. The highest BCUT2D eigenvalue weighted by molar-refractivity contribution is 7.17. The van der Waals surface area contributed by atoms with Crippen LogP contribution in [0.4, 0.5) is 5.13 Å². The van der Waals surface area contributed by atoms with E-state index in [4.69, 9.17) is 0 Å².